The number of aromatic hydroxyl groups is 1. The molecule has 3 aromatic rings. The summed E-state index contributed by atoms with van der Waals surface area (Å²) in [6, 6.07) is 6.97. The highest BCUT2D eigenvalue weighted by molar-refractivity contribution is 9.10. The van der Waals surface area contributed by atoms with Crippen LogP contribution < -0.4 is 11.5 Å². The van der Waals surface area contributed by atoms with E-state index in [1.807, 2.05) is 0 Å². The fourth-order valence-electron chi connectivity index (χ4n) is 3.39. The van der Waals surface area contributed by atoms with E-state index in [0.717, 1.165) is 0 Å². The molecule has 2 aromatic carbocycles. The third-order valence-electron chi connectivity index (χ3n) is 4.88. The topological polar surface area (TPSA) is 133 Å². The predicted octanol–water partition coefficient (Wildman–Crippen LogP) is 3.04. The van der Waals surface area contributed by atoms with Crippen LogP contribution >= 0.6 is 15.9 Å². The lowest BCUT2D eigenvalue weighted by molar-refractivity contribution is 0.0527. The Morgan fingerprint density at radius 2 is 1.97 bits per heavy atom. The summed E-state index contributed by atoms with van der Waals surface area (Å²) in [4.78, 5) is 17.4. The number of ether oxygens (including phenoxy) is 1. The van der Waals surface area contributed by atoms with E-state index in [9.17, 15) is 18.5 Å². The highest BCUT2D eigenvalue weighted by Crippen LogP contribution is 2.40. The van der Waals surface area contributed by atoms with Gasteiger partial charge in [0.2, 0.25) is 0 Å². The summed E-state index contributed by atoms with van der Waals surface area (Å²) < 4.78 is 33.7. The quantitative estimate of drug-likeness (QED) is 0.247. The van der Waals surface area contributed by atoms with Gasteiger partial charge in [0.25, 0.3) is 0 Å². The molecule has 0 bridgehead atoms. The van der Waals surface area contributed by atoms with Gasteiger partial charge in [-0.05, 0) is 53.2 Å². The van der Waals surface area contributed by atoms with Crippen LogP contribution in [0.25, 0.3) is 10.9 Å². The summed E-state index contributed by atoms with van der Waals surface area (Å²) in [6.07, 6.45) is 0. The lowest BCUT2D eigenvalue weighted by atomic mass is 10.0. The molecule has 1 heterocycles. The van der Waals surface area contributed by atoms with Crippen molar-refractivity contribution in [1.82, 2.24) is 4.57 Å². The Labute approximate surface area is 194 Å². The molecule has 0 spiro atoms. The van der Waals surface area contributed by atoms with E-state index < -0.39 is 22.6 Å². The molecule has 32 heavy (non-hydrogen) atoms. The molecule has 8 nitrogen and oxygen atoms in total. The van der Waals surface area contributed by atoms with Crippen molar-refractivity contribution in [2.45, 2.75) is 24.1 Å². The Morgan fingerprint density at radius 1 is 1.31 bits per heavy atom. The summed E-state index contributed by atoms with van der Waals surface area (Å²) in [6.45, 7) is 1.72. The number of phenols is 1. The number of aryl methyl sites for hydroxylation is 1. The number of aliphatic imine (C=N–C) groups is 1. The van der Waals surface area contributed by atoms with E-state index in [1.165, 1.54) is 24.3 Å². The average molecular weight is 525 g/mol. The standard InChI is InChI=1S/C21H22BrFN4O4S/c1-3-31-20(29)18-16(10-32(30)12-6-4-11(23)5-7-12)27(2)15-8-14(22)19(28)13(17(15)18)9-26-21(24)25/h4-8,28H,3,9-10H2,1-2H3,(H4,24,25,26). The first-order valence-corrected chi connectivity index (χ1v) is 11.6. The summed E-state index contributed by atoms with van der Waals surface area (Å²) in [7, 11) is 0.143. The molecule has 1 atom stereocenters. The number of nitrogens with zero attached hydrogens (tertiary/aromatic N) is 2. The minimum Gasteiger partial charge on any atom is -0.506 e. The van der Waals surface area contributed by atoms with Crippen LogP contribution in [0.2, 0.25) is 0 Å². The Balaban J connectivity index is 2.26. The number of rotatable bonds is 7. The number of benzene rings is 2. The van der Waals surface area contributed by atoms with E-state index in [4.69, 9.17) is 16.2 Å². The highest BCUT2D eigenvalue weighted by Gasteiger charge is 2.28. The van der Waals surface area contributed by atoms with Crippen molar-refractivity contribution in [2.75, 3.05) is 6.61 Å². The molecule has 5 N–H and O–H groups in total. The molecule has 170 valence electrons. The number of carbonyl (C=O) groups is 1. The molecule has 0 amide bonds. The molecule has 1 aromatic heterocycles. The van der Waals surface area contributed by atoms with Gasteiger partial charge >= 0.3 is 5.97 Å². The third kappa shape index (κ3) is 4.63. The second-order valence-electron chi connectivity index (χ2n) is 6.87. The number of fused-ring (bicyclic) bond motifs is 1. The van der Waals surface area contributed by atoms with Crippen LogP contribution in [-0.4, -0.2) is 32.4 Å². The van der Waals surface area contributed by atoms with Gasteiger partial charge in [0.15, 0.2) is 5.96 Å². The number of carbonyl (C=O) groups excluding carboxylic acids is 1. The van der Waals surface area contributed by atoms with Crippen LogP contribution in [0.5, 0.6) is 5.75 Å². The maximum absolute atomic E-state index is 13.3. The van der Waals surface area contributed by atoms with E-state index in [0.29, 0.717) is 31.5 Å². The van der Waals surface area contributed by atoms with E-state index in [1.54, 1.807) is 24.6 Å². The maximum Gasteiger partial charge on any atom is 0.340 e. The summed E-state index contributed by atoms with van der Waals surface area (Å²) in [5, 5.41) is 11.1. The fourth-order valence-corrected chi connectivity index (χ4v) is 5.04. The first-order valence-electron chi connectivity index (χ1n) is 9.53. The molecule has 3 rings (SSSR count). The Bertz CT molecular complexity index is 1240. The zero-order valence-electron chi connectivity index (χ0n) is 17.4. The molecule has 0 radical (unpaired) electrons. The minimum absolute atomic E-state index is 0.0366. The zero-order chi connectivity index (χ0) is 23.6. The first kappa shape index (κ1) is 23.7. The molecular weight excluding hydrogens is 503 g/mol. The van der Waals surface area contributed by atoms with Crippen LogP contribution in [0.4, 0.5) is 4.39 Å². The second kappa shape index (κ2) is 9.70. The highest BCUT2D eigenvalue weighted by atomic mass is 79.9. The Hall–Kier alpha value is -2.92. The van der Waals surface area contributed by atoms with Crippen molar-refractivity contribution < 1.29 is 23.2 Å². The number of hydrogen-bond donors (Lipinski definition) is 3. The van der Waals surface area contributed by atoms with Crippen LogP contribution in [0.3, 0.4) is 0 Å². The van der Waals surface area contributed by atoms with Gasteiger partial charge in [-0.25, -0.2) is 14.2 Å². The predicted molar refractivity (Wildman–Crippen MR) is 124 cm³/mol. The first-order chi connectivity index (χ1) is 15.1. The van der Waals surface area contributed by atoms with Gasteiger partial charge in [0.05, 0.1) is 45.3 Å². The third-order valence-corrected chi connectivity index (χ3v) is 6.82. The Kier molecular flexibility index (Phi) is 7.19. The molecule has 1 unspecified atom stereocenters. The molecule has 0 aliphatic rings. The molecule has 11 heteroatoms. The van der Waals surface area contributed by atoms with E-state index >= 15 is 0 Å². The van der Waals surface area contributed by atoms with Crippen molar-refractivity contribution >= 4 is 49.6 Å². The fraction of sp³-hybridized carbons (Fsp3) is 0.238. The number of guanidine groups is 1. The lowest BCUT2D eigenvalue weighted by Crippen LogP contribution is -2.22. The largest absolute Gasteiger partial charge is 0.506 e. The molecule has 0 aliphatic carbocycles. The van der Waals surface area contributed by atoms with Crippen LogP contribution in [0, 0.1) is 5.82 Å². The van der Waals surface area contributed by atoms with Crippen LogP contribution in [0.15, 0.2) is 44.7 Å². The van der Waals surface area contributed by atoms with Crippen molar-refractivity contribution in [3.05, 3.63) is 57.4 Å². The SMILES string of the molecule is CCOC(=O)c1c(CS(=O)c2ccc(F)cc2)n(C)c2cc(Br)c(O)c(CN=C(N)N)c12. The number of nitrogens with two attached hydrogens (primary N) is 2. The van der Waals surface area contributed by atoms with Crippen molar-refractivity contribution in [2.24, 2.45) is 23.5 Å². The molecular formula is C21H22BrFN4O4S. The van der Waals surface area contributed by atoms with Gasteiger partial charge in [0, 0.05) is 28.6 Å². The normalized spacial score (nSPS) is 12.0. The van der Waals surface area contributed by atoms with E-state index in [2.05, 4.69) is 20.9 Å². The van der Waals surface area contributed by atoms with Crippen LogP contribution in [0.1, 0.15) is 28.5 Å². The average Bonchev–Trinajstić information content (AvgIpc) is 3.00. The lowest BCUT2D eigenvalue weighted by Gasteiger charge is -2.09. The van der Waals surface area contributed by atoms with Gasteiger partial charge in [-0.3, -0.25) is 4.21 Å². The van der Waals surface area contributed by atoms with Gasteiger partial charge in [-0.15, -0.1) is 0 Å². The number of hydrogen-bond acceptors (Lipinski definition) is 5. The van der Waals surface area contributed by atoms with Gasteiger partial charge < -0.3 is 25.9 Å². The summed E-state index contributed by atoms with van der Waals surface area (Å²) >= 11 is 3.32. The summed E-state index contributed by atoms with van der Waals surface area (Å²) in [5.41, 5.74) is 12.4. The monoisotopic (exact) mass is 524 g/mol. The number of esters is 1. The smallest absolute Gasteiger partial charge is 0.340 e. The molecule has 0 aliphatic heterocycles. The zero-order valence-corrected chi connectivity index (χ0v) is 19.8. The summed E-state index contributed by atoms with van der Waals surface area (Å²) in [5.74, 6) is -1.40. The number of phenolic OH excluding ortho intramolecular Hbond substituents is 1. The second-order valence-corrected chi connectivity index (χ2v) is 9.17. The van der Waals surface area contributed by atoms with Crippen LogP contribution in [-0.2, 0) is 34.9 Å². The van der Waals surface area contributed by atoms with E-state index in [-0.39, 0.29) is 36.2 Å². The van der Waals surface area contributed by atoms with Gasteiger partial charge in [0.1, 0.15) is 11.6 Å². The molecule has 0 saturated carbocycles. The van der Waals surface area contributed by atoms with Crippen molar-refractivity contribution in [3.8, 4) is 5.75 Å². The number of aromatic nitrogens is 1. The van der Waals surface area contributed by atoms with Gasteiger partial charge in [-0.2, -0.15) is 0 Å². The van der Waals surface area contributed by atoms with Crippen molar-refractivity contribution in [1.29, 1.82) is 0 Å². The van der Waals surface area contributed by atoms with Crippen molar-refractivity contribution in [3.63, 3.8) is 0 Å². The Morgan fingerprint density at radius 3 is 2.56 bits per heavy atom. The molecule has 0 saturated heterocycles. The minimum atomic E-state index is -1.58. The molecule has 0 fully saturated rings. The maximum atomic E-state index is 13.3. The van der Waals surface area contributed by atoms with Gasteiger partial charge in [-0.1, -0.05) is 0 Å². The number of halogens is 2.